The van der Waals surface area contributed by atoms with Crippen molar-refractivity contribution in [2.45, 2.75) is 19.9 Å². The topological polar surface area (TPSA) is 65.5 Å². The molecular formula is C20H25FN4O. The van der Waals surface area contributed by atoms with Crippen LogP contribution in [0.5, 0.6) is 0 Å². The van der Waals surface area contributed by atoms with Gasteiger partial charge in [-0.3, -0.25) is 9.79 Å². The lowest BCUT2D eigenvalue weighted by molar-refractivity contribution is -0.120. The van der Waals surface area contributed by atoms with Crippen LogP contribution in [-0.2, 0) is 17.8 Å². The average molecular weight is 356 g/mol. The standard InChI is InChI=1S/C20H25FN4O/c1-15-6-8-16(9-7-15)14-25-20(22-2)24-11-10-23-19(26)13-17-4-3-5-18(21)12-17/h3-9,12H,10-11,13-14H2,1-2H3,(H,23,26)(H2,22,24,25). The first kappa shape index (κ1) is 19.4. The Morgan fingerprint density at radius 2 is 1.73 bits per heavy atom. The van der Waals surface area contributed by atoms with Crippen molar-refractivity contribution < 1.29 is 9.18 Å². The molecule has 3 N–H and O–H groups in total. The quantitative estimate of drug-likeness (QED) is 0.405. The van der Waals surface area contributed by atoms with Crippen molar-refractivity contribution in [3.63, 3.8) is 0 Å². The van der Waals surface area contributed by atoms with Crippen LogP contribution in [0.1, 0.15) is 16.7 Å². The normalized spacial score (nSPS) is 11.1. The molecule has 138 valence electrons. The molecule has 2 aromatic carbocycles. The summed E-state index contributed by atoms with van der Waals surface area (Å²) in [7, 11) is 1.70. The molecule has 0 bridgehead atoms. The summed E-state index contributed by atoms with van der Waals surface area (Å²) < 4.78 is 13.1. The number of carbonyl (C=O) groups excluding carboxylic acids is 1. The molecule has 5 nitrogen and oxygen atoms in total. The minimum Gasteiger partial charge on any atom is -0.355 e. The van der Waals surface area contributed by atoms with E-state index in [1.54, 1.807) is 19.2 Å². The summed E-state index contributed by atoms with van der Waals surface area (Å²) in [4.78, 5) is 16.0. The number of nitrogens with zero attached hydrogens (tertiary/aromatic N) is 1. The Balaban J connectivity index is 1.65. The first-order valence-corrected chi connectivity index (χ1v) is 8.58. The predicted octanol–water partition coefficient (Wildman–Crippen LogP) is 2.16. The van der Waals surface area contributed by atoms with Crippen molar-refractivity contribution >= 4 is 11.9 Å². The van der Waals surface area contributed by atoms with Gasteiger partial charge in [-0.05, 0) is 30.2 Å². The number of hydrogen-bond acceptors (Lipinski definition) is 2. The lowest BCUT2D eigenvalue weighted by atomic mass is 10.1. The van der Waals surface area contributed by atoms with Crippen LogP contribution in [0.3, 0.4) is 0 Å². The van der Waals surface area contributed by atoms with Gasteiger partial charge in [0.15, 0.2) is 5.96 Å². The molecule has 0 spiro atoms. The van der Waals surface area contributed by atoms with Gasteiger partial charge in [-0.2, -0.15) is 0 Å². The minimum absolute atomic E-state index is 0.139. The Kier molecular flexibility index (Phi) is 7.61. The third-order valence-corrected chi connectivity index (χ3v) is 3.80. The van der Waals surface area contributed by atoms with Gasteiger partial charge in [-0.1, -0.05) is 42.0 Å². The third kappa shape index (κ3) is 6.93. The second-order valence-corrected chi connectivity index (χ2v) is 5.99. The molecule has 0 saturated carbocycles. The van der Waals surface area contributed by atoms with E-state index in [-0.39, 0.29) is 18.1 Å². The number of benzene rings is 2. The number of hydrogen-bond donors (Lipinski definition) is 3. The fourth-order valence-corrected chi connectivity index (χ4v) is 2.39. The maximum atomic E-state index is 13.1. The molecule has 0 atom stereocenters. The zero-order valence-electron chi connectivity index (χ0n) is 15.2. The molecule has 0 aromatic heterocycles. The predicted molar refractivity (Wildman–Crippen MR) is 102 cm³/mol. The van der Waals surface area contributed by atoms with E-state index < -0.39 is 0 Å². The molecule has 26 heavy (non-hydrogen) atoms. The van der Waals surface area contributed by atoms with Crippen molar-refractivity contribution in [2.24, 2.45) is 4.99 Å². The van der Waals surface area contributed by atoms with Gasteiger partial charge in [0, 0.05) is 26.7 Å². The minimum atomic E-state index is -0.333. The summed E-state index contributed by atoms with van der Waals surface area (Å²) in [6, 6.07) is 14.4. The molecule has 6 heteroatoms. The number of aryl methyl sites for hydroxylation is 1. The molecule has 0 radical (unpaired) electrons. The number of nitrogens with one attached hydrogen (secondary N) is 3. The summed E-state index contributed by atoms with van der Waals surface area (Å²) in [6.45, 7) is 3.73. The Morgan fingerprint density at radius 3 is 2.42 bits per heavy atom. The maximum Gasteiger partial charge on any atom is 0.224 e. The number of carbonyl (C=O) groups is 1. The van der Waals surface area contributed by atoms with Crippen molar-refractivity contribution in [3.8, 4) is 0 Å². The number of rotatable bonds is 7. The van der Waals surface area contributed by atoms with Gasteiger partial charge >= 0.3 is 0 Å². The summed E-state index contributed by atoms with van der Waals surface area (Å²) in [5, 5.41) is 9.17. The molecule has 0 unspecified atom stereocenters. The van der Waals surface area contributed by atoms with Crippen molar-refractivity contribution in [2.75, 3.05) is 20.1 Å². The van der Waals surface area contributed by atoms with Crippen LogP contribution in [0.15, 0.2) is 53.5 Å². The van der Waals surface area contributed by atoms with Gasteiger partial charge in [0.2, 0.25) is 5.91 Å². The molecule has 0 saturated heterocycles. The summed E-state index contributed by atoms with van der Waals surface area (Å²) in [6.07, 6.45) is 0.165. The van der Waals surface area contributed by atoms with Crippen molar-refractivity contribution in [1.82, 2.24) is 16.0 Å². The average Bonchev–Trinajstić information content (AvgIpc) is 2.62. The highest BCUT2D eigenvalue weighted by atomic mass is 19.1. The van der Waals surface area contributed by atoms with Crippen LogP contribution in [0, 0.1) is 12.7 Å². The molecule has 0 aliphatic heterocycles. The van der Waals surface area contributed by atoms with E-state index in [2.05, 4.69) is 52.1 Å². The Labute approximate surface area is 153 Å². The summed E-state index contributed by atoms with van der Waals surface area (Å²) in [5.41, 5.74) is 3.05. The molecule has 0 aliphatic rings. The molecule has 2 rings (SSSR count). The van der Waals surface area contributed by atoms with E-state index in [1.807, 2.05) is 0 Å². The van der Waals surface area contributed by atoms with Gasteiger partial charge in [-0.25, -0.2) is 4.39 Å². The van der Waals surface area contributed by atoms with E-state index in [0.29, 0.717) is 31.2 Å². The molecular weight excluding hydrogens is 331 g/mol. The van der Waals surface area contributed by atoms with Crippen molar-refractivity contribution in [3.05, 3.63) is 71.0 Å². The van der Waals surface area contributed by atoms with Crippen LogP contribution < -0.4 is 16.0 Å². The van der Waals surface area contributed by atoms with E-state index >= 15 is 0 Å². The van der Waals surface area contributed by atoms with E-state index in [4.69, 9.17) is 0 Å². The number of guanidine groups is 1. The number of amides is 1. The fourth-order valence-electron chi connectivity index (χ4n) is 2.39. The van der Waals surface area contributed by atoms with Gasteiger partial charge in [0.05, 0.1) is 6.42 Å². The highest BCUT2D eigenvalue weighted by Crippen LogP contribution is 2.04. The van der Waals surface area contributed by atoms with Crippen LogP contribution in [0.25, 0.3) is 0 Å². The van der Waals surface area contributed by atoms with Crippen LogP contribution in [0.4, 0.5) is 4.39 Å². The van der Waals surface area contributed by atoms with Crippen LogP contribution >= 0.6 is 0 Å². The van der Waals surface area contributed by atoms with Gasteiger partial charge in [0.25, 0.3) is 0 Å². The Morgan fingerprint density at radius 1 is 1.00 bits per heavy atom. The zero-order valence-corrected chi connectivity index (χ0v) is 15.2. The van der Waals surface area contributed by atoms with E-state index in [0.717, 1.165) is 0 Å². The van der Waals surface area contributed by atoms with Gasteiger partial charge < -0.3 is 16.0 Å². The lowest BCUT2D eigenvalue weighted by Crippen LogP contribution is -2.41. The highest BCUT2D eigenvalue weighted by molar-refractivity contribution is 5.80. The molecule has 0 heterocycles. The molecule has 0 fully saturated rings. The smallest absolute Gasteiger partial charge is 0.224 e. The maximum absolute atomic E-state index is 13.1. The highest BCUT2D eigenvalue weighted by Gasteiger charge is 2.04. The van der Waals surface area contributed by atoms with Crippen LogP contribution in [-0.4, -0.2) is 32.0 Å². The molecule has 1 amide bonds. The second kappa shape index (κ2) is 10.2. The summed E-state index contributed by atoms with van der Waals surface area (Å²) in [5.74, 6) is 0.199. The first-order chi connectivity index (χ1) is 12.6. The Hall–Kier alpha value is -2.89. The largest absolute Gasteiger partial charge is 0.355 e. The lowest BCUT2D eigenvalue weighted by Gasteiger charge is -2.12. The Bertz CT molecular complexity index is 744. The van der Waals surface area contributed by atoms with Crippen LogP contribution in [0.2, 0.25) is 0 Å². The number of aliphatic imine (C=N–C) groups is 1. The monoisotopic (exact) mass is 356 g/mol. The van der Waals surface area contributed by atoms with Crippen molar-refractivity contribution in [1.29, 1.82) is 0 Å². The molecule has 0 aliphatic carbocycles. The fraction of sp³-hybridized carbons (Fsp3) is 0.300. The second-order valence-electron chi connectivity index (χ2n) is 5.99. The third-order valence-electron chi connectivity index (χ3n) is 3.80. The van der Waals surface area contributed by atoms with E-state index in [9.17, 15) is 9.18 Å². The SMILES string of the molecule is CN=C(NCCNC(=O)Cc1cccc(F)c1)NCc1ccc(C)cc1. The first-order valence-electron chi connectivity index (χ1n) is 8.58. The molecule has 2 aromatic rings. The summed E-state index contributed by atoms with van der Waals surface area (Å²) >= 11 is 0. The van der Waals surface area contributed by atoms with E-state index in [1.165, 1.54) is 23.3 Å². The van der Waals surface area contributed by atoms with Gasteiger partial charge in [-0.15, -0.1) is 0 Å². The number of halogens is 1. The van der Waals surface area contributed by atoms with Gasteiger partial charge in [0.1, 0.15) is 5.82 Å². The zero-order chi connectivity index (χ0) is 18.8.